The van der Waals surface area contributed by atoms with Gasteiger partial charge in [-0.3, -0.25) is 4.79 Å². The van der Waals surface area contributed by atoms with Crippen LogP contribution in [0.5, 0.6) is 5.75 Å². The third kappa shape index (κ3) is 5.19. The van der Waals surface area contributed by atoms with Gasteiger partial charge in [-0.25, -0.2) is 9.78 Å². The van der Waals surface area contributed by atoms with E-state index in [0.717, 1.165) is 41.6 Å². The highest BCUT2D eigenvalue weighted by Crippen LogP contribution is 2.40. The highest BCUT2D eigenvalue weighted by molar-refractivity contribution is 8.00. The lowest BCUT2D eigenvalue weighted by molar-refractivity contribution is -0.115. The summed E-state index contributed by atoms with van der Waals surface area (Å²) in [6.07, 6.45) is 2.80. The van der Waals surface area contributed by atoms with E-state index in [1.807, 2.05) is 32.0 Å². The lowest BCUT2D eigenvalue weighted by atomic mass is 9.88. The second kappa shape index (κ2) is 10.2. The van der Waals surface area contributed by atoms with Crippen LogP contribution in [-0.2, 0) is 22.4 Å². The number of ether oxygens (including phenoxy) is 2. The number of carbonyl (C=O) groups excluding carboxylic acids is 2. The predicted octanol–water partition coefficient (Wildman–Crippen LogP) is 5.44. The second-order valence-corrected chi connectivity index (χ2v) is 10.6. The first-order valence-corrected chi connectivity index (χ1v) is 13.0. The Hall–Kier alpha value is -2.52. The molecule has 0 bridgehead atoms. The molecule has 1 aliphatic rings. The average Bonchev–Trinajstić information content (AvgIpc) is 3.33. The highest BCUT2D eigenvalue weighted by atomic mass is 32.2. The number of imidazole rings is 1. The lowest BCUT2D eigenvalue weighted by Crippen LogP contribution is -2.23. The van der Waals surface area contributed by atoms with Crippen molar-refractivity contribution in [3.05, 3.63) is 34.2 Å². The Bertz CT molecular complexity index is 1170. The van der Waals surface area contributed by atoms with Gasteiger partial charge in [0.15, 0.2) is 5.16 Å². The number of thiophene rings is 1. The summed E-state index contributed by atoms with van der Waals surface area (Å²) in [5.74, 6) is 0.814. The number of H-pyrrole nitrogens is 1. The smallest absolute Gasteiger partial charge is 0.341 e. The fraction of sp³-hybridized carbons (Fsp3) is 0.458. The van der Waals surface area contributed by atoms with Gasteiger partial charge in [-0.05, 0) is 63.6 Å². The number of hydrogen-bond donors (Lipinski definition) is 2. The number of rotatable bonds is 8. The summed E-state index contributed by atoms with van der Waals surface area (Å²) in [5.41, 5.74) is 3.25. The Labute approximate surface area is 201 Å². The minimum Gasteiger partial charge on any atom is -0.494 e. The Morgan fingerprint density at radius 3 is 2.91 bits per heavy atom. The number of amides is 1. The van der Waals surface area contributed by atoms with E-state index in [1.54, 1.807) is 6.92 Å². The number of benzene rings is 1. The molecule has 0 fully saturated rings. The van der Waals surface area contributed by atoms with Crippen LogP contribution in [0, 0.1) is 5.92 Å². The summed E-state index contributed by atoms with van der Waals surface area (Å²) in [4.78, 5) is 34.7. The van der Waals surface area contributed by atoms with E-state index in [-0.39, 0.29) is 11.9 Å². The van der Waals surface area contributed by atoms with Crippen molar-refractivity contribution in [3.63, 3.8) is 0 Å². The lowest BCUT2D eigenvalue weighted by Gasteiger charge is -2.18. The molecule has 1 aromatic carbocycles. The van der Waals surface area contributed by atoms with Crippen LogP contribution >= 0.6 is 23.1 Å². The molecule has 9 heteroatoms. The third-order valence-electron chi connectivity index (χ3n) is 5.63. The summed E-state index contributed by atoms with van der Waals surface area (Å²) in [5, 5.41) is 3.84. The summed E-state index contributed by atoms with van der Waals surface area (Å²) in [6, 6.07) is 5.69. The Balaban J connectivity index is 1.51. The van der Waals surface area contributed by atoms with E-state index in [0.29, 0.717) is 34.9 Å². The molecular weight excluding hydrogens is 458 g/mol. The van der Waals surface area contributed by atoms with Crippen LogP contribution in [-0.4, -0.2) is 40.3 Å². The maximum atomic E-state index is 13.0. The molecule has 2 aromatic heterocycles. The molecule has 0 saturated heterocycles. The molecule has 0 radical (unpaired) electrons. The van der Waals surface area contributed by atoms with Gasteiger partial charge in [-0.15, -0.1) is 11.3 Å². The van der Waals surface area contributed by atoms with Gasteiger partial charge >= 0.3 is 5.97 Å². The van der Waals surface area contributed by atoms with Crippen LogP contribution < -0.4 is 10.1 Å². The van der Waals surface area contributed by atoms with Gasteiger partial charge in [0, 0.05) is 10.9 Å². The van der Waals surface area contributed by atoms with E-state index < -0.39 is 5.25 Å². The first-order valence-electron chi connectivity index (χ1n) is 11.3. The van der Waals surface area contributed by atoms with Gasteiger partial charge < -0.3 is 19.8 Å². The number of aromatic nitrogens is 2. The van der Waals surface area contributed by atoms with E-state index >= 15 is 0 Å². The molecule has 176 valence electrons. The quantitative estimate of drug-likeness (QED) is 0.324. The molecule has 1 aliphatic carbocycles. The molecule has 2 atom stereocenters. The number of esters is 1. The Morgan fingerprint density at radius 2 is 2.15 bits per heavy atom. The zero-order valence-electron chi connectivity index (χ0n) is 19.3. The summed E-state index contributed by atoms with van der Waals surface area (Å²) in [6.45, 7) is 8.68. The molecule has 2 unspecified atom stereocenters. The number of hydrogen-bond acceptors (Lipinski definition) is 7. The van der Waals surface area contributed by atoms with Crippen molar-refractivity contribution in [3.8, 4) is 5.75 Å². The number of aromatic amines is 1. The zero-order valence-corrected chi connectivity index (χ0v) is 21.0. The zero-order chi connectivity index (χ0) is 23.5. The maximum absolute atomic E-state index is 13.0. The maximum Gasteiger partial charge on any atom is 0.341 e. The molecule has 33 heavy (non-hydrogen) atoms. The Morgan fingerprint density at radius 1 is 1.33 bits per heavy atom. The standard InChI is InChI=1S/C24H29N3O4S2/c1-5-30-15-8-10-17-18(12-15)26-24(25-17)32-14(4)21(28)27-22-20(23(29)31-6-2)16-9-7-13(3)11-19(16)33-22/h8,10,12-14H,5-7,9,11H2,1-4H3,(H,25,26)(H,27,28). The van der Waals surface area contributed by atoms with Crippen LogP contribution in [0.25, 0.3) is 11.0 Å². The highest BCUT2D eigenvalue weighted by Gasteiger charge is 2.30. The van der Waals surface area contributed by atoms with Crippen molar-refractivity contribution in [2.45, 2.75) is 57.4 Å². The molecule has 3 aromatic rings. The topological polar surface area (TPSA) is 93.3 Å². The van der Waals surface area contributed by atoms with E-state index in [9.17, 15) is 9.59 Å². The van der Waals surface area contributed by atoms with Crippen molar-refractivity contribution in [2.75, 3.05) is 18.5 Å². The largest absolute Gasteiger partial charge is 0.494 e. The number of nitrogens with one attached hydrogen (secondary N) is 2. The minimum absolute atomic E-state index is 0.173. The van der Waals surface area contributed by atoms with Crippen LogP contribution in [0.4, 0.5) is 5.00 Å². The van der Waals surface area contributed by atoms with Crippen molar-refractivity contribution >= 4 is 51.0 Å². The molecule has 7 nitrogen and oxygen atoms in total. The number of fused-ring (bicyclic) bond motifs is 2. The molecule has 0 saturated carbocycles. The number of carbonyl (C=O) groups is 2. The summed E-state index contributed by atoms with van der Waals surface area (Å²) >= 11 is 2.85. The molecule has 4 rings (SSSR count). The van der Waals surface area contributed by atoms with Gasteiger partial charge in [-0.2, -0.15) is 0 Å². The average molecular weight is 488 g/mol. The fourth-order valence-corrected chi connectivity index (χ4v) is 6.19. The molecule has 0 aliphatic heterocycles. The molecule has 2 heterocycles. The van der Waals surface area contributed by atoms with Crippen molar-refractivity contribution in [1.29, 1.82) is 0 Å². The fourth-order valence-electron chi connectivity index (χ4n) is 3.97. The monoisotopic (exact) mass is 487 g/mol. The molecule has 1 amide bonds. The van der Waals surface area contributed by atoms with E-state index in [1.165, 1.54) is 28.0 Å². The van der Waals surface area contributed by atoms with Gasteiger partial charge in [0.25, 0.3) is 0 Å². The normalized spacial score (nSPS) is 16.3. The van der Waals surface area contributed by atoms with Gasteiger partial charge in [0.2, 0.25) is 5.91 Å². The van der Waals surface area contributed by atoms with Crippen molar-refractivity contribution in [2.24, 2.45) is 5.92 Å². The predicted molar refractivity (Wildman–Crippen MR) is 133 cm³/mol. The molecule has 2 N–H and O–H groups in total. The minimum atomic E-state index is -0.412. The second-order valence-electron chi connectivity index (χ2n) is 8.18. The van der Waals surface area contributed by atoms with Crippen LogP contribution in [0.3, 0.4) is 0 Å². The van der Waals surface area contributed by atoms with Gasteiger partial charge in [-0.1, -0.05) is 18.7 Å². The Kier molecular flexibility index (Phi) is 7.29. The van der Waals surface area contributed by atoms with Crippen LogP contribution in [0.2, 0.25) is 0 Å². The summed E-state index contributed by atoms with van der Waals surface area (Å²) in [7, 11) is 0. The van der Waals surface area contributed by atoms with Crippen molar-refractivity contribution in [1.82, 2.24) is 9.97 Å². The number of anilines is 1. The van der Waals surface area contributed by atoms with E-state index in [4.69, 9.17) is 9.47 Å². The van der Waals surface area contributed by atoms with Gasteiger partial charge in [0.1, 0.15) is 10.8 Å². The van der Waals surface area contributed by atoms with Crippen molar-refractivity contribution < 1.29 is 19.1 Å². The molecular formula is C24H29N3O4S2. The van der Waals surface area contributed by atoms with Crippen LogP contribution in [0.1, 0.15) is 54.9 Å². The van der Waals surface area contributed by atoms with Crippen LogP contribution in [0.15, 0.2) is 23.4 Å². The van der Waals surface area contributed by atoms with Gasteiger partial charge in [0.05, 0.1) is 35.1 Å². The third-order valence-corrected chi connectivity index (χ3v) is 7.78. The first kappa shape index (κ1) is 23.6. The van der Waals surface area contributed by atoms with E-state index in [2.05, 4.69) is 22.2 Å². The number of nitrogens with zero attached hydrogens (tertiary/aromatic N) is 1. The SMILES string of the molecule is CCOC(=O)c1c(NC(=O)C(C)Sc2nc3ccc(OCC)cc3[nH]2)sc2c1CCC(C)C2. The first-order chi connectivity index (χ1) is 15.9. The number of thioether (sulfide) groups is 1. The molecule has 0 spiro atoms. The summed E-state index contributed by atoms with van der Waals surface area (Å²) < 4.78 is 10.8.